The van der Waals surface area contributed by atoms with Gasteiger partial charge in [-0.15, -0.1) is 11.6 Å². The summed E-state index contributed by atoms with van der Waals surface area (Å²) in [5.74, 6) is 0.626. The molecule has 2 nitrogen and oxygen atoms in total. The molecule has 0 heterocycles. The molecule has 0 radical (unpaired) electrons. The highest BCUT2D eigenvalue weighted by Gasteiger charge is 2.28. The minimum atomic E-state index is 0.0237. The summed E-state index contributed by atoms with van der Waals surface area (Å²) in [5, 5.41) is 0. The molecule has 0 saturated heterocycles. The number of halogens is 1. The van der Waals surface area contributed by atoms with Crippen LogP contribution < -0.4 is 0 Å². The molecule has 0 aliphatic rings. The van der Waals surface area contributed by atoms with Crippen LogP contribution in [0.15, 0.2) is 30.3 Å². The third-order valence-corrected chi connectivity index (χ3v) is 3.99. The smallest absolute Gasteiger partial charge is 0.0700 e. The van der Waals surface area contributed by atoms with Crippen LogP contribution in [0.5, 0.6) is 0 Å². The van der Waals surface area contributed by atoms with Gasteiger partial charge in [0.1, 0.15) is 0 Å². The van der Waals surface area contributed by atoms with Crippen LogP contribution in [-0.2, 0) is 14.9 Å². The monoisotopic (exact) mass is 270 g/mol. The molecule has 102 valence electrons. The van der Waals surface area contributed by atoms with Crippen molar-refractivity contribution in [3.8, 4) is 0 Å². The number of methoxy groups -OCH3 is 1. The fourth-order valence-electron chi connectivity index (χ4n) is 2.07. The average molecular weight is 271 g/mol. The van der Waals surface area contributed by atoms with Crippen molar-refractivity contribution in [3.05, 3.63) is 35.9 Å². The highest BCUT2D eigenvalue weighted by atomic mass is 35.5. The molecule has 0 fully saturated rings. The molecule has 0 aliphatic heterocycles. The van der Waals surface area contributed by atoms with Gasteiger partial charge in [-0.25, -0.2) is 0 Å². The van der Waals surface area contributed by atoms with Gasteiger partial charge in [-0.2, -0.15) is 0 Å². The molecule has 0 spiro atoms. The van der Waals surface area contributed by atoms with Crippen LogP contribution in [0.25, 0.3) is 0 Å². The Kier molecular flexibility index (Phi) is 7.33. The Morgan fingerprint density at radius 1 is 1.11 bits per heavy atom. The fourth-order valence-corrected chi connectivity index (χ4v) is 2.54. The zero-order chi connectivity index (χ0) is 13.3. The van der Waals surface area contributed by atoms with Crippen molar-refractivity contribution in [2.75, 3.05) is 32.8 Å². The maximum absolute atomic E-state index is 6.22. The lowest BCUT2D eigenvalue weighted by Gasteiger charge is -2.31. The average Bonchev–Trinajstić information content (AvgIpc) is 2.44. The van der Waals surface area contributed by atoms with Crippen LogP contribution in [0.1, 0.15) is 25.3 Å². The third-order valence-electron chi connectivity index (χ3n) is 3.48. The van der Waals surface area contributed by atoms with E-state index in [9.17, 15) is 0 Å². The summed E-state index contributed by atoms with van der Waals surface area (Å²) in [4.78, 5) is 0. The molecule has 1 aromatic carbocycles. The van der Waals surface area contributed by atoms with Crippen molar-refractivity contribution in [1.29, 1.82) is 0 Å². The van der Waals surface area contributed by atoms with Gasteiger partial charge >= 0.3 is 0 Å². The van der Waals surface area contributed by atoms with E-state index < -0.39 is 0 Å². The quantitative estimate of drug-likeness (QED) is 0.504. The van der Waals surface area contributed by atoms with Gasteiger partial charge in [-0.05, 0) is 18.4 Å². The Morgan fingerprint density at radius 3 is 2.39 bits per heavy atom. The minimum Gasteiger partial charge on any atom is -0.382 e. The summed E-state index contributed by atoms with van der Waals surface area (Å²) in [7, 11) is 1.68. The van der Waals surface area contributed by atoms with E-state index in [1.165, 1.54) is 5.56 Å². The lowest BCUT2D eigenvalue weighted by molar-refractivity contribution is 0.0615. The zero-order valence-corrected chi connectivity index (χ0v) is 12.1. The van der Waals surface area contributed by atoms with E-state index in [-0.39, 0.29) is 5.41 Å². The fraction of sp³-hybridized carbons (Fsp3) is 0.600. The van der Waals surface area contributed by atoms with Crippen LogP contribution in [0, 0.1) is 0 Å². The first-order valence-electron chi connectivity index (χ1n) is 6.47. The predicted octanol–water partition coefficient (Wildman–Crippen LogP) is 3.63. The van der Waals surface area contributed by atoms with E-state index in [0.29, 0.717) is 19.1 Å². The SMILES string of the molecule is CCC(CCl)(CCOCCOC)c1ccccc1. The van der Waals surface area contributed by atoms with E-state index in [0.717, 1.165) is 19.4 Å². The standard InChI is InChI=1S/C15H23ClO2/c1-3-15(13-16,9-10-18-12-11-17-2)14-7-5-4-6-8-14/h4-8H,3,9-13H2,1-2H3. The van der Waals surface area contributed by atoms with Crippen molar-refractivity contribution >= 4 is 11.6 Å². The molecule has 3 heteroatoms. The van der Waals surface area contributed by atoms with Crippen molar-refractivity contribution in [1.82, 2.24) is 0 Å². The van der Waals surface area contributed by atoms with Crippen molar-refractivity contribution in [2.24, 2.45) is 0 Å². The summed E-state index contributed by atoms with van der Waals surface area (Å²) >= 11 is 6.22. The molecule has 18 heavy (non-hydrogen) atoms. The third kappa shape index (κ3) is 4.27. The number of hydrogen-bond acceptors (Lipinski definition) is 2. The van der Waals surface area contributed by atoms with Crippen molar-refractivity contribution in [2.45, 2.75) is 25.2 Å². The van der Waals surface area contributed by atoms with Gasteiger partial charge in [0.2, 0.25) is 0 Å². The maximum atomic E-state index is 6.22. The predicted molar refractivity (Wildman–Crippen MR) is 76.4 cm³/mol. The second-order valence-electron chi connectivity index (χ2n) is 4.49. The van der Waals surface area contributed by atoms with Crippen LogP contribution in [0.3, 0.4) is 0 Å². The highest BCUT2D eigenvalue weighted by molar-refractivity contribution is 6.18. The number of benzene rings is 1. The van der Waals surface area contributed by atoms with Gasteiger partial charge in [-0.3, -0.25) is 0 Å². The molecule has 0 aliphatic carbocycles. The Hall–Kier alpha value is -0.570. The molecule has 1 aromatic rings. The van der Waals surface area contributed by atoms with Crippen LogP contribution in [0.4, 0.5) is 0 Å². The Bertz CT molecular complexity index is 310. The van der Waals surface area contributed by atoms with E-state index in [4.69, 9.17) is 21.1 Å². The van der Waals surface area contributed by atoms with Crippen molar-refractivity contribution < 1.29 is 9.47 Å². The normalized spacial score (nSPS) is 14.4. The molecular formula is C15H23ClO2. The largest absolute Gasteiger partial charge is 0.382 e. The Labute approximate surface area is 115 Å². The van der Waals surface area contributed by atoms with Crippen LogP contribution in [0.2, 0.25) is 0 Å². The molecule has 1 rings (SSSR count). The summed E-state index contributed by atoms with van der Waals surface area (Å²) in [6.07, 6.45) is 1.97. The van der Waals surface area contributed by atoms with Crippen LogP contribution in [-0.4, -0.2) is 32.8 Å². The molecule has 0 saturated carbocycles. The summed E-state index contributed by atoms with van der Waals surface area (Å²) in [6, 6.07) is 10.5. The second kappa shape index (κ2) is 8.52. The highest BCUT2D eigenvalue weighted by Crippen LogP contribution is 2.33. The number of rotatable bonds is 9. The maximum Gasteiger partial charge on any atom is 0.0700 e. The van der Waals surface area contributed by atoms with E-state index in [1.807, 2.05) is 6.07 Å². The van der Waals surface area contributed by atoms with Gasteiger partial charge in [0.25, 0.3) is 0 Å². The zero-order valence-electron chi connectivity index (χ0n) is 11.3. The number of alkyl halides is 1. The first-order chi connectivity index (χ1) is 8.79. The topological polar surface area (TPSA) is 18.5 Å². The van der Waals surface area contributed by atoms with Gasteiger partial charge in [0.05, 0.1) is 13.2 Å². The minimum absolute atomic E-state index is 0.0237. The van der Waals surface area contributed by atoms with Gasteiger partial charge in [0, 0.05) is 25.0 Å². The molecule has 0 amide bonds. The first-order valence-corrected chi connectivity index (χ1v) is 7.00. The number of hydrogen-bond donors (Lipinski definition) is 0. The lowest BCUT2D eigenvalue weighted by atomic mass is 9.77. The molecule has 0 N–H and O–H groups in total. The van der Waals surface area contributed by atoms with Crippen LogP contribution >= 0.6 is 11.6 Å². The van der Waals surface area contributed by atoms with E-state index in [1.54, 1.807) is 7.11 Å². The van der Waals surface area contributed by atoms with E-state index >= 15 is 0 Å². The molecular weight excluding hydrogens is 248 g/mol. The number of ether oxygens (including phenoxy) is 2. The molecule has 0 bridgehead atoms. The lowest BCUT2D eigenvalue weighted by Crippen LogP contribution is -2.29. The molecule has 1 atom stereocenters. The Balaban J connectivity index is 2.58. The second-order valence-corrected chi connectivity index (χ2v) is 4.76. The summed E-state index contributed by atoms with van der Waals surface area (Å²) in [5.41, 5.74) is 1.33. The summed E-state index contributed by atoms with van der Waals surface area (Å²) < 4.78 is 10.5. The first kappa shape index (κ1) is 15.5. The van der Waals surface area contributed by atoms with Gasteiger partial charge in [0.15, 0.2) is 0 Å². The van der Waals surface area contributed by atoms with Gasteiger partial charge in [-0.1, -0.05) is 37.3 Å². The Morgan fingerprint density at radius 2 is 1.83 bits per heavy atom. The molecule has 0 aromatic heterocycles. The van der Waals surface area contributed by atoms with Gasteiger partial charge < -0.3 is 9.47 Å². The molecule has 1 unspecified atom stereocenters. The van der Waals surface area contributed by atoms with E-state index in [2.05, 4.69) is 31.2 Å². The van der Waals surface area contributed by atoms with Crippen molar-refractivity contribution in [3.63, 3.8) is 0 Å². The summed E-state index contributed by atoms with van der Waals surface area (Å²) in [6.45, 7) is 4.20.